The maximum absolute atomic E-state index is 13.1. The van der Waals surface area contributed by atoms with Crippen LogP contribution in [0.4, 0.5) is 4.39 Å². The minimum atomic E-state index is -0.259. The molecule has 0 saturated heterocycles. The molecule has 1 aliphatic carbocycles. The normalized spacial score (nSPS) is 17.1. The van der Waals surface area contributed by atoms with Gasteiger partial charge in [0.25, 0.3) is 0 Å². The zero-order chi connectivity index (χ0) is 13.0. The summed E-state index contributed by atoms with van der Waals surface area (Å²) in [7, 11) is 0. The van der Waals surface area contributed by atoms with Crippen molar-refractivity contribution in [2.45, 2.75) is 38.3 Å². The van der Waals surface area contributed by atoms with Crippen LogP contribution >= 0.6 is 15.9 Å². The van der Waals surface area contributed by atoms with Gasteiger partial charge in [0.05, 0.1) is 6.54 Å². The highest BCUT2D eigenvalue weighted by Crippen LogP contribution is 2.19. The molecule has 1 fully saturated rings. The highest BCUT2D eigenvalue weighted by Gasteiger charge is 2.14. The Balaban J connectivity index is 1.94. The van der Waals surface area contributed by atoms with Gasteiger partial charge < -0.3 is 11.1 Å². The van der Waals surface area contributed by atoms with Crippen LogP contribution in [0, 0.1) is 5.82 Å². The number of nitrogens with zero attached hydrogens (tertiary/aromatic N) is 1. The molecule has 5 heteroatoms. The van der Waals surface area contributed by atoms with Crippen molar-refractivity contribution in [3.8, 4) is 0 Å². The summed E-state index contributed by atoms with van der Waals surface area (Å²) < 4.78 is 13.9. The molecule has 1 aliphatic rings. The Bertz CT molecular complexity index is 442. The molecule has 0 heterocycles. The summed E-state index contributed by atoms with van der Waals surface area (Å²) in [6.45, 7) is 0.379. The number of aliphatic imine (C=N–C) groups is 1. The highest BCUT2D eigenvalue weighted by molar-refractivity contribution is 9.10. The number of hydrogen-bond acceptors (Lipinski definition) is 1. The molecule has 0 spiro atoms. The zero-order valence-corrected chi connectivity index (χ0v) is 11.7. The van der Waals surface area contributed by atoms with Gasteiger partial charge in [0.1, 0.15) is 5.82 Å². The van der Waals surface area contributed by atoms with Gasteiger partial charge in [0.2, 0.25) is 0 Å². The number of benzene rings is 1. The third-order valence-electron chi connectivity index (χ3n) is 3.13. The van der Waals surface area contributed by atoms with Crippen molar-refractivity contribution >= 4 is 21.9 Å². The second kappa shape index (κ2) is 6.18. The van der Waals surface area contributed by atoms with Crippen molar-refractivity contribution in [2.24, 2.45) is 10.7 Å². The molecule has 1 aromatic carbocycles. The Hall–Kier alpha value is -1.10. The van der Waals surface area contributed by atoms with Gasteiger partial charge in [-0.05, 0) is 36.6 Å². The first-order valence-corrected chi connectivity index (χ1v) is 6.95. The van der Waals surface area contributed by atoms with Crippen molar-refractivity contribution in [1.29, 1.82) is 0 Å². The molecule has 2 rings (SSSR count). The van der Waals surface area contributed by atoms with E-state index in [4.69, 9.17) is 5.73 Å². The Labute approximate surface area is 115 Å². The molecule has 0 amide bonds. The minimum absolute atomic E-state index is 0.259. The molecular formula is C13H17BrFN3. The lowest BCUT2D eigenvalue weighted by molar-refractivity contribution is 0.621. The van der Waals surface area contributed by atoms with Crippen LogP contribution in [0.5, 0.6) is 0 Å². The lowest BCUT2D eigenvalue weighted by Crippen LogP contribution is -2.38. The fourth-order valence-corrected chi connectivity index (χ4v) is 2.53. The fourth-order valence-electron chi connectivity index (χ4n) is 2.16. The van der Waals surface area contributed by atoms with E-state index in [1.54, 1.807) is 6.07 Å². The van der Waals surface area contributed by atoms with Gasteiger partial charge in [-0.1, -0.05) is 28.8 Å². The van der Waals surface area contributed by atoms with Gasteiger partial charge >= 0.3 is 0 Å². The molecule has 0 bridgehead atoms. The second-order valence-corrected chi connectivity index (χ2v) is 5.42. The topological polar surface area (TPSA) is 50.4 Å². The van der Waals surface area contributed by atoms with E-state index in [0.29, 0.717) is 18.5 Å². The third-order valence-corrected chi connectivity index (χ3v) is 3.91. The van der Waals surface area contributed by atoms with Gasteiger partial charge in [0, 0.05) is 10.5 Å². The average molecular weight is 314 g/mol. The van der Waals surface area contributed by atoms with Crippen molar-refractivity contribution in [3.05, 3.63) is 34.1 Å². The van der Waals surface area contributed by atoms with Crippen LogP contribution in [0.25, 0.3) is 0 Å². The van der Waals surface area contributed by atoms with Crippen LogP contribution < -0.4 is 11.1 Å². The van der Waals surface area contributed by atoms with E-state index < -0.39 is 0 Å². The van der Waals surface area contributed by atoms with E-state index in [2.05, 4.69) is 26.2 Å². The Kier molecular flexibility index (Phi) is 4.58. The number of rotatable bonds is 3. The Morgan fingerprint density at radius 3 is 2.89 bits per heavy atom. The van der Waals surface area contributed by atoms with Gasteiger partial charge in [-0.25, -0.2) is 9.38 Å². The predicted octanol–water partition coefficient (Wildman–Crippen LogP) is 2.94. The van der Waals surface area contributed by atoms with Crippen molar-refractivity contribution in [2.75, 3.05) is 0 Å². The first kappa shape index (κ1) is 13.3. The van der Waals surface area contributed by atoms with Crippen LogP contribution in [0.3, 0.4) is 0 Å². The van der Waals surface area contributed by atoms with E-state index in [9.17, 15) is 4.39 Å². The largest absolute Gasteiger partial charge is 0.370 e. The first-order chi connectivity index (χ1) is 8.65. The van der Waals surface area contributed by atoms with Crippen molar-refractivity contribution in [3.63, 3.8) is 0 Å². The maximum atomic E-state index is 13.1. The Morgan fingerprint density at radius 2 is 2.17 bits per heavy atom. The zero-order valence-electron chi connectivity index (χ0n) is 10.1. The summed E-state index contributed by atoms with van der Waals surface area (Å²) >= 11 is 3.37. The summed E-state index contributed by atoms with van der Waals surface area (Å²) in [4.78, 5) is 4.25. The Morgan fingerprint density at radius 1 is 1.44 bits per heavy atom. The SMILES string of the molecule is NC(=NCc1cc(F)ccc1Br)NC1CCCC1. The van der Waals surface area contributed by atoms with E-state index in [1.165, 1.54) is 25.0 Å². The number of guanidine groups is 1. The van der Waals surface area contributed by atoms with Crippen LogP contribution in [0.1, 0.15) is 31.2 Å². The molecule has 0 atom stereocenters. The van der Waals surface area contributed by atoms with E-state index >= 15 is 0 Å². The molecule has 1 saturated carbocycles. The minimum Gasteiger partial charge on any atom is -0.370 e. The summed E-state index contributed by atoms with van der Waals surface area (Å²) in [6.07, 6.45) is 4.81. The summed E-state index contributed by atoms with van der Waals surface area (Å²) in [5.41, 5.74) is 6.62. The molecular weight excluding hydrogens is 297 g/mol. The summed E-state index contributed by atoms with van der Waals surface area (Å²) in [6, 6.07) is 5.01. The van der Waals surface area contributed by atoms with Gasteiger partial charge in [0.15, 0.2) is 5.96 Å². The molecule has 18 heavy (non-hydrogen) atoms. The summed E-state index contributed by atoms with van der Waals surface area (Å²) in [5, 5.41) is 3.20. The lowest BCUT2D eigenvalue weighted by atomic mass is 10.2. The fraction of sp³-hybridized carbons (Fsp3) is 0.462. The van der Waals surface area contributed by atoms with E-state index in [0.717, 1.165) is 22.9 Å². The second-order valence-electron chi connectivity index (χ2n) is 4.56. The van der Waals surface area contributed by atoms with Crippen molar-refractivity contribution < 1.29 is 4.39 Å². The van der Waals surface area contributed by atoms with E-state index in [-0.39, 0.29) is 5.82 Å². The van der Waals surface area contributed by atoms with Crippen molar-refractivity contribution in [1.82, 2.24) is 5.32 Å². The lowest BCUT2D eigenvalue weighted by Gasteiger charge is -2.12. The standard InChI is InChI=1S/C13H17BrFN3/c14-12-6-5-10(15)7-9(12)8-17-13(16)18-11-3-1-2-4-11/h5-7,11H,1-4,8H2,(H3,16,17,18). The third kappa shape index (κ3) is 3.70. The molecule has 3 nitrogen and oxygen atoms in total. The van der Waals surface area contributed by atoms with Gasteiger partial charge in [-0.2, -0.15) is 0 Å². The molecule has 98 valence electrons. The first-order valence-electron chi connectivity index (χ1n) is 6.15. The molecule has 3 N–H and O–H groups in total. The summed E-state index contributed by atoms with van der Waals surface area (Å²) in [5.74, 6) is 0.184. The number of nitrogens with one attached hydrogen (secondary N) is 1. The quantitative estimate of drug-likeness (QED) is 0.666. The van der Waals surface area contributed by atoms with E-state index in [1.807, 2.05) is 0 Å². The predicted molar refractivity (Wildman–Crippen MR) is 74.8 cm³/mol. The van der Waals surface area contributed by atoms with Crippen LogP contribution in [0.2, 0.25) is 0 Å². The van der Waals surface area contributed by atoms with Gasteiger partial charge in [-0.3, -0.25) is 0 Å². The average Bonchev–Trinajstić information content (AvgIpc) is 2.83. The molecule has 0 aliphatic heterocycles. The molecule has 0 unspecified atom stereocenters. The van der Waals surface area contributed by atoms with Crippen LogP contribution in [-0.2, 0) is 6.54 Å². The highest BCUT2D eigenvalue weighted by atomic mass is 79.9. The number of halogens is 2. The van der Waals surface area contributed by atoms with Crippen LogP contribution in [0.15, 0.2) is 27.7 Å². The molecule has 1 aromatic rings. The smallest absolute Gasteiger partial charge is 0.189 e. The van der Waals surface area contributed by atoms with Gasteiger partial charge in [-0.15, -0.1) is 0 Å². The maximum Gasteiger partial charge on any atom is 0.189 e. The molecule has 0 radical (unpaired) electrons. The number of nitrogens with two attached hydrogens (primary N) is 1. The molecule has 0 aromatic heterocycles. The monoisotopic (exact) mass is 313 g/mol. The number of hydrogen-bond donors (Lipinski definition) is 2. The van der Waals surface area contributed by atoms with Crippen LogP contribution in [-0.4, -0.2) is 12.0 Å².